The van der Waals surface area contributed by atoms with E-state index in [0.717, 1.165) is 48.9 Å². The van der Waals surface area contributed by atoms with Gasteiger partial charge in [-0.05, 0) is 37.7 Å². The van der Waals surface area contributed by atoms with Crippen molar-refractivity contribution in [1.82, 2.24) is 24.6 Å². The zero-order chi connectivity index (χ0) is 18.4. The first-order valence-corrected chi connectivity index (χ1v) is 8.90. The Morgan fingerprint density at radius 1 is 0.962 bits per heavy atom. The normalized spacial score (nSPS) is 11.1. The minimum Gasteiger partial charge on any atom is -0.497 e. The van der Waals surface area contributed by atoms with Crippen LogP contribution in [-0.4, -0.2) is 38.3 Å². The van der Waals surface area contributed by atoms with Gasteiger partial charge in [0.15, 0.2) is 5.82 Å². The third-order valence-electron chi connectivity index (χ3n) is 4.32. The Bertz CT molecular complexity index is 811. The summed E-state index contributed by atoms with van der Waals surface area (Å²) < 4.78 is 7.14. The number of rotatable bonds is 8. The molecule has 0 atom stereocenters. The highest BCUT2D eigenvalue weighted by atomic mass is 16.5. The van der Waals surface area contributed by atoms with E-state index in [1.807, 2.05) is 47.5 Å². The maximum Gasteiger partial charge on any atom is 0.159 e. The van der Waals surface area contributed by atoms with Crippen LogP contribution < -0.4 is 4.74 Å². The number of ether oxygens (including phenoxy) is 1. The van der Waals surface area contributed by atoms with Crippen molar-refractivity contribution in [2.45, 2.75) is 33.5 Å². The number of benzene rings is 1. The Morgan fingerprint density at radius 3 is 2.23 bits per heavy atom. The number of aryl methyl sites for hydroxylation is 1. The lowest BCUT2D eigenvalue weighted by Gasteiger charge is -2.19. The third-order valence-corrected chi connectivity index (χ3v) is 4.32. The molecule has 0 unspecified atom stereocenters. The van der Waals surface area contributed by atoms with Crippen molar-refractivity contribution in [2.75, 3.05) is 13.7 Å². The number of hydrogen-bond donors (Lipinski definition) is 0. The van der Waals surface area contributed by atoms with Crippen molar-refractivity contribution in [3.8, 4) is 17.1 Å². The van der Waals surface area contributed by atoms with Crippen LogP contribution in [-0.2, 0) is 19.6 Å². The molecule has 0 spiro atoms. The molecule has 0 aliphatic rings. The second-order valence-corrected chi connectivity index (χ2v) is 6.15. The van der Waals surface area contributed by atoms with Gasteiger partial charge >= 0.3 is 0 Å². The van der Waals surface area contributed by atoms with Crippen LogP contribution in [0.4, 0.5) is 0 Å². The summed E-state index contributed by atoms with van der Waals surface area (Å²) in [6, 6.07) is 7.78. The van der Waals surface area contributed by atoms with Crippen LogP contribution in [0.15, 0.2) is 49.1 Å². The first kappa shape index (κ1) is 18.1. The highest BCUT2D eigenvalue weighted by molar-refractivity contribution is 5.55. The summed E-state index contributed by atoms with van der Waals surface area (Å²) in [5.74, 6) is 1.55. The molecule has 26 heavy (non-hydrogen) atoms. The van der Waals surface area contributed by atoms with Crippen LogP contribution in [0.25, 0.3) is 11.4 Å². The Morgan fingerprint density at radius 2 is 1.65 bits per heavy atom. The van der Waals surface area contributed by atoms with Crippen LogP contribution >= 0.6 is 0 Å². The zero-order valence-corrected chi connectivity index (χ0v) is 15.6. The molecule has 0 saturated carbocycles. The second kappa shape index (κ2) is 8.58. The quantitative estimate of drug-likeness (QED) is 0.623. The maximum absolute atomic E-state index is 5.19. The van der Waals surface area contributed by atoms with Crippen LogP contribution in [0, 0.1) is 0 Å². The molecule has 0 bridgehead atoms. The summed E-state index contributed by atoms with van der Waals surface area (Å²) in [7, 11) is 1.66. The molecule has 3 rings (SSSR count). The molecule has 136 valence electrons. The summed E-state index contributed by atoms with van der Waals surface area (Å²) >= 11 is 0. The summed E-state index contributed by atoms with van der Waals surface area (Å²) in [4.78, 5) is 11.4. The molecule has 0 fully saturated rings. The number of hydrogen-bond acceptors (Lipinski definition) is 5. The number of aromatic nitrogens is 4. The van der Waals surface area contributed by atoms with Crippen molar-refractivity contribution in [2.24, 2.45) is 0 Å². The van der Waals surface area contributed by atoms with Gasteiger partial charge in [0.2, 0.25) is 0 Å². The molecule has 0 aliphatic heterocycles. The zero-order valence-electron chi connectivity index (χ0n) is 15.6. The minimum absolute atomic E-state index is 0.726. The summed E-state index contributed by atoms with van der Waals surface area (Å²) in [5, 5.41) is 4.34. The van der Waals surface area contributed by atoms with Gasteiger partial charge in [-0.15, -0.1) is 0 Å². The van der Waals surface area contributed by atoms with Crippen molar-refractivity contribution < 1.29 is 4.74 Å². The van der Waals surface area contributed by atoms with Crippen molar-refractivity contribution in [3.05, 3.63) is 60.2 Å². The Kier molecular flexibility index (Phi) is 5.96. The molecule has 2 heterocycles. The largest absolute Gasteiger partial charge is 0.497 e. The lowest BCUT2D eigenvalue weighted by atomic mass is 10.2. The molecule has 0 radical (unpaired) electrons. The van der Waals surface area contributed by atoms with E-state index >= 15 is 0 Å². The van der Waals surface area contributed by atoms with E-state index in [-0.39, 0.29) is 0 Å². The van der Waals surface area contributed by atoms with Gasteiger partial charge in [0, 0.05) is 54.9 Å². The van der Waals surface area contributed by atoms with Gasteiger partial charge in [0.05, 0.1) is 13.3 Å². The van der Waals surface area contributed by atoms with E-state index in [1.54, 1.807) is 7.11 Å². The predicted molar refractivity (Wildman–Crippen MR) is 102 cm³/mol. The fourth-order valence-corrected chi connectivity index (χ4v) is 2.78. The van der Waals surface area contributed by atoms with Gasteiger partial charge < -0.3 is 4.74 Å². The maximum atomic E-state index is 5.19. The fraction of sp³-hybridized carbons (Fsp3) is 0.350. The topological polar surface area (TPSA) is 56.1 Å². The summed E-state index contributed by atoms with van der Waals surface area (Å²) in [6.07, 6.45) is 7.86. The molecule has 6 nitrogen and oxygen atoms in total. The van der Waals surface area contributed by atoms with Gasteiger partial charge in [0.1, 0.15) is 5.75 Å². The fourth-order valence-electron chi connectivity index (χ4n) is 2.78. The molecule has 2 aromatic heterocycles. The molecule has 0 saturated heterocycles. The molecule has 0 N–H and O–H groups in total. The van der Waals surface area contributed by atoms with E-state index in [2.05, 4.69) is 40.0 Å². The van der Waals surface area contributed by atoms with E-state index in [9.17, 15) is 0 Å². The minimum atomic E-state index is 0.726. The van der Waals surface area contributed by atoms with E-state index in [0.29, 0.717) is 0 Å². The summed E-state index contributed by atoms with van der Waals surface area (Å²) in [6.45, 7) is 7.80. The predicted octanol–water partition coefficient (Wildman–Crippen LogP) is 3.39. The molecular formula is C20H25N5O. The van der Waals surface area contributed by atoms with E-state index in [4.69, 9.17) is 4.74 Å². The third kappa shape index (κ3) is 4.46. The molecule has 3 aromatic rings. The lowest BCUT2D eigenvalue weighted by Crippen LogP contribution is -2.22. The molecular weight excluding hydrogens is 326 g/mol. The SMILES string of the molecule is CCN(Cc1cnc(-c2ccc(OC)cc2)nc1)Cc1cnn(CC)c1. The van der Waals surface area contributed by atoms with Gasteiger partial charge in [-0.25, -0.2) is 9.97 Å². The first-order chi connectivity index (χ1) is 12.7. The van der Waals surface area contributed by atoms with Crippen LogP contribution in [0.3, 0.4) is 0 Å². The van der Waals surface area contributed by atoms with Crippen molar-refractivity contribution in [3.63, 3.8) is 0 Å². The van der Waals surface area contributed by atoms with Crippen molar-refractivity contribution in [1.29, 1.82) is 0 Å². The van der Waals surface area contributed by atoms with E-state index < -0.39 is 0 Å². The van der Waals surface area contributed by atoms with Gasteiger partial charge in [-0.1, -0.05) is 6.92 Å². The van der Waals surface area contributed by atoms with Gasteiger partial charge in [0.25, 0.3) is 0 Å². The van der Waals surface area contributed by atoms with Crippen LogP contribution in [0.1, 0.15) is 25.0 Å². The van der Waals surface area contributed by atoms with Crippen LogP contribution in [0.5, 0.6) is 5.75 Å². The Hall–Kier alpha value is -2.73. The highest BCUT2D eigenvalue weighted by Gasteiger charge is 2.08. The lowest BCUT2D eigenvalue weighted by molar-refractivity contribution is 0.270. The first-order valence-electron chi connectivity index (χ1n) is 8.90. The average molecular weight is 351 g/mol. The van der Waals surface area contributed by atoms with E-state index in [1.165, 1.54) is 5.56 Å². The van der Waals surface area contributed by atoms with Crippen molar-refractivity contribution >= 4 is 0 Å². The van der Waals surface area contributed by atoms with Gasteiger partial charge in [-0.2, -0.15) is 5.10 Å². The molecule has 0 aliphatic carbocycles. The van der Waals surface area contributed by atoms with Gasteiger partial charge in [-0.3, -0.25) is 9.58 Å². The van der Waals surface area contributed by atoms with Crippen LogP contribution in [0.2, 0.25) is 0 Å². The average Bonchev–Trinajstić information content (AvgIpc) is 3.16. The number of nitrogens with zero attached hydrogens (tertiary/aromatic N) is 5. The smallest absolute Gasteiger partial charge is 0.159 e. The molecule has 6 heteroatoms. The Balaban J connectivity index is 1.64. The Labute approximate surface area is 154 Å². The monoisotopic (exact) mass is 351 g/mol. The second-order valence-electron chi connectivity index (χ2n) is 6.15. The number of methoxy groups -OCH3 is 1. The summed E-state index contributed by atoms with van der Waals surface area (Å²) in [5.41, 5.74) is 3.31. The highest BCUT2D eigenvalue weighted by Crippen LogP contribution is 2.19. The molecule has 1 aromatic carbocycles. The molecule has 0 amide bonds. The standard InChI is InChI=1S/C20H25N5O/c1-4-24(14-17-12-23-25(5-2)15-17)13-16-10-21-20(22-11-16)18-6-8-19(26-3)9-7-18/h6-12,15H,4-5,13-14H2,1-3H3.